The molecule has 0 spiro atoms. The molecule has 6 heteroatoms. The van der Waals surface area contributed by atoms with Gasteiger partial charge in [0.1, 0.15) is 12.1 Å². The topological polar surface area (TPSA) is 53.9 Å². The molecule has 0 atom stereocenters. The van der Waals surface area contributed by atoms with Crippen LogP contribution in [0.4, 0.5) is 11.5 Å². The van der Waals surface area contributed by atoms with Crippen molar-refractivity contribution in [1.82, 2.24) is 19.9 Å². The standard InChI is InChI=1S/C21H23N5S/c1-2-4-19-16(3-1)9-17(10-22-19)25-21-18-12-26(13-20(18)23-14-24-21)11-15-5-7-27-8-6-15/h1-4,9-10,14-15H,5-8,11-13H2,(H,23,24,25). The Kier molecular flexibility index (Phi) is 4.67. The van der Waals surface area contributed by atoms with Crippen molar-refractivity contribution < 1.29 is 0 Å². The lowest BCUT2D eigenvalue weighted by Crippen LogP contribution is -2.27. The summed E-state index contributed by atoms with van der Waals surface area (Å²) in [7, 11) is 0. The van der Waals surface area contributed by atoms with Gasteiger partial charge >= 0.3 is 0 Å². The van der Waals surface area contributed by atoms with Crippen molar-refractivity contribution in [2.24, 2.45) is 5.92 Å². The number of anilines is 2. The smallest absolute Gasteiger partial charge is 0.138 e. The Bertz CT molecular complexity index is 954. The number of rotatable bonds is 4. The van der Waals surface area contributed by atoms with Crippen LogP contribution in [0.2, 0.25) is 0 Å². The second-order valence-electron chi connectivity index (χ2n) is 7.41. The highest BCUT2D eigenvalue weighted by atomic mass is 32.2. The maximum absolute atomic E-state index is 4.54. The van der Waals surface area contributed by atoms with E-state index < -0.39 is 0 Å². The predicted octanol–water partition coefficient (Wildman–Crippen LogP) is 4.23. The number of benzene rings is 1. The maximum Gasteiger partial charge on any atom is 0.138 e. The lowest BCUT2D eigenvalue weighted by molar-refractivity contribution is 0.227. The van der Waals surface area contributed by atoms with Crippen LogP contribution in [0, 0.1) is 5.92 Å². The van der Waals surface area contributed by atoms with Gasteiger partial charge in [0.25, 0.3) is 0 Å². The summed E-state index contributed by atoms with van der Waals surface area (Å²) in [6, 6.07) is 10.3. The third-order valence-corrected chi connectivity index (χ3v) is 6.55. The summed E-state index contributed by atoms with van der Waals surface area (Å²) < 4.78 is 0. The van der Waals surface area contributed by atoms with Gasteiger partial charge in [0.15, 0.2) is 0 Å². The first-order valence-electron chi connectivity index (χ1n) is 9.60. The van der Waals surface area contributed by atoms with Crippen molar-refractivity contribution in [2.75, 3.05) is 23.4 Å². The fourth-order valence-electron chi connectivity index (χ4n) is 4.05. The second kappa shape index (κ2) is 7.44. The second-order valence-corrected chi connectivity index (χ2v) is 8.64. The molecule has 4 heterocycles. The number of fused-ring (bicyclic) bond motifs is 2. The normalized spacial score (nSPS) is 17.9. The van der Waals surface area contributed by atoms with Crippen LogP contribution < -0.4 is 5.32 Å². The van der Waals surface area contributed by atoms with Crippen LogP contribution in [0.3, 0.4) is 0 Å². The van der Waals surface area contributed by atoms with Gasteiger partial charge in [0, 0.05) is 30.6 Å². The number of thioether (sulfide) groups is 1. The largest absolute Gasteiger partial charge is 0.339 e. The van der Waals surface area contributed by atoms with Crippen LogP contribution in [0.25, 0.3) is 10.9 Å². The first-order valence-corrected chi connectivity index (χ1v) is 10.8. The average molecular weight is 378 g/mol. The summed E-state index contributed by atoms with van der Waals surface area (Å²) in [5, 5.41) is 4.61. The van der Waals surface area contributed by atoms with Crippen molar-refractivity contribution in [3.05, 3.63) is 54.1 Å². The van der Waals surface area contributed by atoms with Crippen LogP contribution in [0.5, 0.6) is 0 Å². The Labute approximate surface area is 163 Å². The molecular weight excluding hydrogens is 354 g/mol. The fourth-order valence-corrected chi connectivity index (χ4v) is 5.25. The monoisotopic (exact) mass is 377 g/mol. The van der Waals surface area contributed by atoms with Crippen LogP contribution in [0.1, 0.15) is 24.1 Å². The van der Waals surface area contributed by atoms with E-state index >= 15 is 0 Å². The average Bonchev–Trinajstić information content (AvgIpc) is 3.12. The van der Waals surface area contributed by atoms with Crippen LogP contribution >= 0.6 is 11.8 Å². The van der Waals surface area contributed by atoms with E-state index in [1.54, 1.807) is 6.33 Å². The molecule has 1 fully saturated rings. The molecule has 1 N–H and O–H groups in total. The van der Waals surface area contributed by atoms with Gasteiger partial charge in [0.2, 0.25) is 0 Å². The maximum atomic E-state index is 4.54. The van der Waals surface area contributed by atoms with Crippen molar-refractivity contribution in [3.8, 4) is 0 Å². The molecule has 0 bridgehead atoms. The highest BCUT2D eigenvalue weighted by molar-refractivity contribution is 7.99. The van der Waals surface area contributed by atoms with E-state index in [1.165, 1.54) is 36.5 Å². The molecule has 0 aliphatic carbocycles. The number of para-hydroxylation sites is 1. The minimum atomic E-state index is 0.828. The number of hydrogen-bond acceptors (Lipinski definition) is 6. The Balaban J connectivity index is 1.34. The molecule has 5 rings (SSSR count). The van der Waals surface area contributed by atoms with Crippen molar-refractivity contribution >= 4 is 34.2 Å². The van der Waals surface area contributed by atoms with Gasteiger partial charge in [-0.25, -0.2) is 9.97 Å². The zero-order valence-electron chi connectivity index (χ0n) is 15.3. The molecule has 2 aliphatic heterocycles. The molecule has 3 aromatic rings. The van der Waals surface area contributed by atoms with Crippen LogP contribution in [-0.2, 0) is 13.1 Å². The number of nitrogens with one attached hydrogen (secondary N) is 1. The van der Waals surface area contributed by atoms with E-state index in [-0.39, 0.29) is 0 Å². The number of pyridine rings is 1. The predicted molar refractivity (Wildman–Crippen MR) is 111 cm³/mol. The summed E-state index contributed by atoms with van der Waals surface area (Å²) >= 11 is 2.09. The molecular formula is C21H23N5S. The molecule has 2 aromatic heterocycles. The molecule has 0 unspecified atom stereocenters. The Morgan fingerprint density at radius 2 is 1.96 bits per heavy atom. The van der Waals surface area contributed by atoms with E-state index in [4.69, 9.17) is 0 Å². The Morgan fingerprint density at radius 3 is 2.89 bits per heavy atom. The molecule has 27 heavy (non-hydrogen) atoms. The lowest BCUT2D eigenvalue weighted by atomic mass is 10.0. The van der Waals surface area contributed by atoms with Gasteiger partial charge < -0.3 is 5.32 Å². The number of aromatic nitrogens is 3. The SMILES string of the molecule is c1ccc2ncc(Nc3ncnc4c3CN(CC3CCSCC3)C4)cc2c1. The van der Waals surface area contributed by atoms with Gasteiger partial charge in [-0.05, 0) is 42.4 Å². The summed E-state index contributed by atoms with van der Waals surface area (Å²) in [4.78, 5) is 16.1. The van der Waals surface area contributed by atoms with Gasteiger partial charge in [-0.1, -0.05) is 18.2 Å². The van der Waals surface area contributed by atoms with Crippen LogP contribution in [-0.4, -0.2) is 37.9 Å². The fraction of sp³-hybridized carbons (Fsp3) is 0.381. The van der Waals surface area contributed by atoms with E-state index in [2.05, 4.69) is 49.1 Å². The van der Waals surface area contributed by atoms with Gasteiger partial charge in [-0.15, -0.1) is 0 Å². The summed E-state index contributed by atoms with van der Waals surface area (Å²) in [5.41, 5.74) is 4.37. The Morgan fingerprint density at radius 1 is 1.07 bits per heavy atom. The number of nitrogens with zero attached hydrogens (tertiary/aromatic N) is 4. The third kappa shape index (κ3) is 3.64. The minimum Gasteiger partial charge on any atom is -0.339 e. The molecule has 1 aromatic carbocycles. The van der Waals surface area contributed by atoms with E-state index in [0.29, 0.717) is 0 Å². The highest BCUT2D eigenvalue weighted by Crippen LogP contribution is 2.31. The molecule has 0 radical (unpaired) electrons. The minimum absolute atomic E-state index is 0.828. The van der Waals surface area contributed by atoms with Crippen molar-refractivity contribution in [3.63, 3.8) is 0 Å². The molecule has 0 saturated carbocycles. The molecule has 5 nitrogen and oxygen atoms in total. The first kappa shape index (κ1) is 17.0. The van der Waals surface area contributed by atoms with E-state index in [0.717, 1.165) is 47.1 Å². The summed E-state index contributed by atoms with van der Waals surface area (Å²) in [5.74, 6) is 4.37. The van der Waals surface area contributed by atoms with Gasteiger partial charge in [0.05, 0.1) is 23.1 Å². The van der Waals surface area contributed by atoms with Crippen molar-refractivity contribution in [1.29, 1.82) is 0 Å². The molecule has 138 valence electrons. The lowest BCUT2D eigenvalue weighted by Gasteiger charge is -2.26. The first-order chi connectivity index (χ1) is 13.3. The van der Waals surface area contributed by atoms with E-state index in [1.807, 2.05) is 24.4 Å². The molecule has 2 aliphatic rings. The zero-order chi connectivity index (χ0) is 18.1. The third-order valence-electron chi connectivity index (χ3n) is 5.50. The Hall–Kier alpha value is -2.18. The van der Waals surface area contributed by atoms with Crippen molar-refractivity contribution in [2.45, 2.75) is 25.9 Å². The molecule has 1 saturated heterocycles. The van der Waals surface area contributed by atoms with E-state index in [9.17, 15) is 0 Å². The zero-order valence-corrected chi connectivity index (χ0v) is 16.1. The number of hydrogen-bond donors (Lipinski definition) is 1. The summed E-state index contributed by atoms with van der Waals surface area (Å²) in [6.07, 6.45) is 6.24. The van der Waals surface area contributed by atoms with Gasteiger partial charge in [-0.3, -0.25) is 9.88 Å². The highest BCUT2D eigenvalue weighted by Gasteiger charge is 2.26. The quantitative estimate of drug-likeness (QED) is 0.734. The molecule has 0 amide bonds. The summed E-state index contributed by atoms with van der Waals surface area (Å²) in [6.45, 7) is 3.04. The van der Waals surface area contributed by atoms with Gasteiger partial charge in [-0.2, -0.15) is 11.8 Å². The van der Waals surface area contributed by atoms with Crippen LogP contribution in [0.15, 0.2) is 42.9 Å².